The smallest absolute Gasteiger partial charge is 0.379 e. The average Bonchev–Trinajstić information content (AvgIpc) is 1.21. The fourth-order valence-corrected chi connectivity index (χ4v) is 16.3. The number of ether oxygens (including phenoxy) is 2. The molecule has 2 bridgehead atoms. The molecule has 7 aliphatic rings. The van der Waals surface area contributed by atoms with Crippen LogP contribution in [0.25, 0.3) is 0 Å². The van der Waals surface area contributed by atoms with Crippen LogP contribution in [0.5, 0.6) is 0 Å². The molecule has 30 heteroatoms. The second-order valence-electron chi connectivity index (χ2n) is 29.4. The Morgan fingerprint density at radius 1 is 0.686 bits per heavy atom. The van der Waals surface area contributed by atoms with Crippen molar-refractivity contribution in [1.82, 2.24) is 60.5 Å². The lowest BCUT2D eigenvalue weighted by Crippen LogP contribution is -2.65. The fourth-order valence-electron chi connectivity index (χ4n) is 15.9. The zero-order valence-electron chi connectivity index (χ0n) is 61.0. The van der Waals surface area contributed by atoms with Gasteiger partial charge in [-0.2, -0.15) is 13.2 Å². The van der Waals surface area contributed by atoms with Crippen LogP contribution in [0.4, 0.5) is 13.2 Å². The maximum absolute atomic E-state index is 15.9. The van der Waals surface area contributed by atoms with Crippen LogP contribution in [-0.4, -0.2) is 263 Å². The van der Waals surface area contributed by atoms with Crippen molar-refractivity contribution in [2.24, 2.45) is 11.8 Å². The van der Waals surface area contributed by atoms with Crippen molar-refractivity contribution >= 4 is 82.5 Å². The number of benzene rings is 1. The minimum absolute atomic E-state index is 0.0200. The lowest BCUT2D eigenvalue weighted by atomic mass is 9.90. The molecule has 1 spiro atoms. The zero-order chi connectivity index (χ0) is 74.7. The summed E-state index contributed by atoms with van der Waals surface area (Å²) in [6.45, 7) is 8.63. The molecule has 8 rings (SSSR count). The Hall–Kier alpha value is -7.14. The van der Waals surface area contributed by atoms with Gasteiger partial charge >= 0.3 is 6.18 Å². The van der Waals surface area contributed by atoms with E-state index in [0.29, 0.717) is 70.6 Å². The minimum Gasteiger partial charge on any atom is -0.379 e. The summed E-state index contributed by atoms with van der Waals surface area (Å²) in [4.78, 5) is 191. The number of carbonyl (C=O) groups excluding carboxylic acids is 12. The van der Waals surface area contributed by atoms with Gasteiger partial charge in [-0.3, -0.25) is 57.5 Å². The van der Waals surface area contributed by atoms with Gasteiger partial charge in [0.1, 0.15) is 59.9 Å². The largest absolute Gasteiger partial charge is 0.417 e. The van der Waals surface area contributed by atoms with Gasteiger partial charge in [0.15, 0.2) is 0 Å². The normalized spacial score (nSPS) is 29.0. The third-order valence-electron chi connectivity index (χ3n) is 22.4. The van der Waals surface area contributed by atoms with Gasteiger partial charge in [-0.25, -0.2) is 0 Å². The van der Waals surface area contributed by atoms with Gasteiger partial charge in [0.05, 0.1) is 55.5 Å². The summed E-state index contributed by atoms with van der Waals surface area (Å²) in [5, 5.41) is 10.9. The maximum Gasteiger partial charge on any atom is 0.417 e. The standard InChI is InChI=1S/C72H108ClF3N12O14/c1-11-14-15-23-52-61(91)79-59(43(4)13-3)63(93)77-44(5)64(94)87-35-31-54(87)67(97)84(9)56(42-101-36-12-2)66(96)81(6)39-57(89)78-51(30-26-45-25-29-49(50(73)37-45)72(74,75)76)65(95)86-34-20-24-53(86)62(92)80-71(32-18-19-33-71)70(100)85(10)60(46-21-16-17-22-46)69(99)83(8)55(38-58(90)82(52)7)68(98)88-47-27-28-48(88)41-102-40-47/h25,29,37,43-44,46-48,51-56,59-60H,11-24,26-28,30-36,38-42H2,1-10H3,(H,77,93)(H,78,89)(H,79,91)(H,80,92)/t43-,44-,47?,48?,51-,52-,53-,54-,55-,56-,59-,60-/m0/s1. The molecule has 12 amide bonds. The quantitative estimate of drug-likeness (QED) is 0.175. The first-order valence-electron chi connectivity index (χ1n) is 36.9. The molecule has 5 heterocycles. The number of aryl methyl sites for hydroxylation is 1. The first kappa shape index (κ1) is 80.5. The van der Waals surface area contributed by atoms with Crippen LogP contribution in [-0.2, 0) is 79.6 Å². The molecule has 12 atom stereocenters. The molecule has 5 aliphatic heterocycles. The molecule has 0 aromatic heterocycles. The van der Waals surface area contributed by atoms with Crippen LogP contribution in [0.15, 0.2) is 18.2 Å². The van der Waals surface area contributed by atoms with E-state index in [1.807, 2.05) is 20.8 Å². The second kappa shape index (κ2) is 35.6. The highest BCUT2D eigenvalue weighted by atomic mass is 35.5. The van der Waals surface area contributed by atoms with E-state index in [1.54, 1.807) is 11.8 Å². The Morgan fingerprint density at radius 3 is 1.96 bits per heavy atom. The molecule has 102 heavy (non-hydrogen) atoms. The fraction of sp³-hybridized carbons (Fsp3) is 0.750. The average molecular weight is 1460 g/mol. The highest BCUT2D eigenvalue weighted by Gasteiger charge is 2.53. The highest BCUT2D eigenvalue weighted by molar-refractivity contribution is 6.31. The number of rotatable bonds is 15. The molecule has 5 saturated heterocycles. The van der Waals surface area contributed by atoms with Crippen molar-refractivity contribution in [3.8, 4) is 0 Å². The van der Waals surface area contributed by atoms with Gasteiger partial charge in [-0.15, -0.1) is 0 Å². The summed E-state index contributed by atoms with van der Waals surface area (Å²) in [6, 6.07) is -8.97. The number of alkyl halides is 3. The Bertz CT molecular complexity index is 3210. The van der Waals surface area contributed by atoms with E-state index in [0.717, 1.165) is 41.2 Å². The van der Waals surface area contributed by atoms with E-state index in [2.05, 4.69) is 21.3 Å². The number of hydrogen-bond acceptors (Lipinski definition) is 14. The van der Waals surface area contributed by atoms with Crippen molar-refractivity contribution in [2.45, 2.75) is 254 Å². The van der Waals surface area contributed by atoms with E-state index >= 15 is 28.8 Å². The summed E-state index contributed by atoms with van der Waals surface area (Å²) >= 11 is 6.15. The summed E-state index contributed by atoms with van der Waals surface area (Å²) in [7, 11) is 7.08. The van der Waals surface area contributed by atoms with Crippen molar-refractivity contribution in [3.05, 3.63) is 34.3 Å². The minimum atomic E-state index is -4.77. The van der Waals surface area contributed by atoms with Crippen molar-refractivity contribution in [1.29, 1.82) is 0 Å². The number of unbranched alkanes of at least 4 members (excludes halogenated alkanes) is 2. The van der Waals surface area contributed by atoms with E-state index in [9.17, 15) is 41.9 Å². The molecular formula is C72H108ClF3N12O14. The molecule has 7 fully saturated rings. The number of hydrogen-bond donors (Lipinski definition) is 4. The van der Waals surface area contributed by atoms with Crippen molar-refractivity contribution < 1.29 is 80.2 Å². The van der Waals surface area contributed by atoms with Crippen molar-refractivity contribution in [3.63, 3.8) is 0 Å². The number of nitrogens with one attached hydrogen (secondary N) is 4. The monoisotopic (exact) mass is 1460 g/mol. The molecule has 2 saturated carbocycles. The number of amides is 12. The number of fused-ring (bicyclic) bond motifs is 4. The van der Waals surface area contributed by atoms with E-state index < -0.39 is 172 Å². The summed E-state index contributed by atoms with van der Waals surface area (Å²) in [6.07, 6.45) is 3.10. The molecule has 0 radical (unpaired) electrons. The van der Waals surface area contributed by atoms with Crippen molar-refractivity contribution in [2.75, 3.05) is 81.3 Å². The predicted molar refractivity (Wildman–Crippen MR) is 370 cm³/mol. The van der Waals surface area contributed by atoms with Crippen LogP contribution in [0.2, 0.25) is 5.02 Å². The van der Waals surface area contributed by atoms with E-state index in [1.165, 1.54) is 72.7 Å². The van der Waals surface area contributed by atoms with Gasteiger partial charge in [-0.1, -0.05) is 96.7 Å². The Morgan fingerprint density at radius 2 is 1.35 bits per heavy atom. The Kier molecular flexibility index (Phi) is 28.1. The maximum atomic E-state index is 15.9. The third kappa shape index (κ3) is 18.5. The molecule has 1 aromatic carbocycles. The van der Waals surface area contributed by atoms with Gasteiger partial charge in [0, 0.05) is 54.9 Å². The lowest BCUT2D eigenvalue weighted by molar-refractivity contribution is -0.159. The molecule has 26 nitrogen and oxygen atoms in total. The number of carbonyl (C=O) groups is 12. The van der Waals surface area contributed by atoms with Crippen LogP contribution >= 0.6 is 11.6 Å². The van der Waals surface area contributed by atoms with Gasteiger partial charge in [-0.05, 0) is 120 Å². The predicted octanol–water partition coefficient (Wildman–Crippen LogP) is 4.59. The van der Waals surface area contributed by atoms with Gasteiger partial charge in [0.2, 0.25) is 70.9 Å². The zero-order valence-corrected chi connectivity index (χ0v) is 61.8. The summed E-state index contributed by atoms with van der Waals surface area (Å²) in [5.41, 5.74) is -2.38. The Balaban J connectivity index is 1.17. The van der Waals surface area contributed by atoms with Crippen LogP contribution in [0.3, 0.4) is 0 Å². The highest BCUT2D eigenvalue weighted by Crippen LogP contribution is 2.39. The van der Waals surface area contributed by atoms with E-state index in [4.69, 9.17) is 21.1 Å². The summed E-state index contributed by atoms with van der Waals surface area (Å²) < 4.78 is 53.3. The van der Waals surface area contributed by atoms with Crippen LogP contribution in [0, 0.1) is 11.8 Å². The number of halogens is 4. The van der Waals surface area contributed by atoms with Crippen LogP contribution < -0.4 is 21.3 Å². The summed E-state index contributed by atoms with van der Waals surface area (Å²) in [5.74, 6) is -8.97. The molecule has 2 unspecified atom stereocenters. The molecule has 2 aliphatic carbocycles. The van der Waals surface area contributed by atoms with Gasteiger partial charge < -0.3 is 69.9 Å². The molecular weight excluding hydrogens is 1350 g/mol. The number of nitrogens with zero attached hydrogens (tertiary/aromatic N) is 8. The first-order chi connectivity index (χ1) is 48.4. The number of morpholine rings is 1. The molecule has 4 N–H and O–H groups in total. The van der Waals surface area contributed by atoms with Gasteiger partial charge in [0.25, 0.3) is 0 Å². The van der Waals surface area contributed by atoms with E-state index in [-0.39, 0.29) is 102 Å². The SMILES string of the molecule is CCCCC[C@H]1C(=O)N[C@@H]([C@@H](C)CC)C(=O)N[C@@H](C)C(=O)N2CC[C@H]2C(=O)N(C)[C@@H](COCCC)C(=O)N(C)CC(=O)N[C@@H](CCc2ccc(C(F)(F)F)c(Cl)c2)C(=O)N2CCC[C@H]2C(=O)NC2(CCCC2)C(=O)N(C)[C@@H](C2CCCC2)C(=O)N(C)[C@H](C(=O)N2C3CCC2COC3)CC(=O)N1C. The lowest BCUT2D eigenvalue weighted by Gasteiger charge is -2.44. The molecule has 1 aromatic rings. The second-order valence-corrected chi connectivity index (χ2v) is 29.8. The first-order valence-corrected chi connectivity index (χ1v) is 37.2. The molecule has 568 valence electrons. The Labute approximate surface area is 602 Å². The number of likely N-dealkylation sites (N-methyl/N-ethyl adjacent to an activating group) is 5. The topological polar surface area (TPSA) is 297 Å². The third-order valence-corrected chi connectivity index (χ3v) is 22.7. The van der Waals surface area contributed by atoms with Crippen LogP contribution in [0.1, 0.15) is 181 Å².